The molecule has 2 aromatic carbocycles. The van der Waals surface area contributed by atoms with Crippen LogP contribution < -0.4 is 0 Å². The molecule has 22 heavy (non-hydrogen) atoms. The monoisotopic (exact) mass is 294 g/mol. The van der Waals surface area contributed by atoms with Crippen molar-refractivity contribution in [2.75, 3.05) is 6.54 Å². The molecule has 3 nitrogen and oxygen atoms in total. The molecule has 3 aromatic rings. The number of amides is 1. The van der Waals surface area contributed by atoms with E-state index in [2.05, 4.69) is 17.1 Å². The van der Waals surface area contributed by atoms with Crippen LogP contribution in [0, 0.1) is 5.82 Å². The first-order valence-electron chi connectivity index (χ1n) is 7.35. The average molecular weight is 294 g/mol. The average Bonchev–Trinajstić information content (AvgIpc) is 2.99. The minimum atomic E-state index is -0.309. The fraction of sp³-hybridized carbons (Fsp3) is 0.167. The van der Waals surface area contributed by atoms with Gasteiger partial charge in [-0.1, -0.05) is 30.3 Å². The highest BCUT2D eigenvalue weighted by molar-refractivity contribution is 5.98. The number of nitrogens with zero attached hydrogens (tertiary/aromatic N) is 1. The second-order valence-corrected chi connectivity index (χ2v) is 5.63. The van der Waals surface area contributed by atoms with Gasteiger partial charge in [0, 0.05) is 24.0 Å². The molecule has 1 aliphatic heterocycles. The Morgan fingerprint density at radius 3 is 2.73 bits per heavy atom. The molecule has 0 saturated carbocycles. The quantitative estimate of drug-likeness (QED) is 0.732. The first-order valence-corrected chi connectivity index (χ1v) is 7.35. The largest absolute Gasteiger partial charge is 0.350 e. The van der Waals surface area contributed by atoms with Crippen molar-refractivity contribution in [1.29, 1.82) is 0 Å². The normalized spacial score (nSPS) is 14.1. The van der Waals surface area contributed by atoms with Crippen LogP contribution in [-0.4, -0.2) is 22.3 Å². The Kier molecular flexibility index (Phi) is 2.96. The van der Waals surface area contributed by atoms with Gasteiger partial charge in [0.1, 0.15) is 11.5 Å². The number of aromatic amines is 1. The van der Waals surface area contributed by atoms with Gasteiger partial charge in [-0.05, 0) is 35.7 Å². The van der Waals surface area contributed by atoms with Gasteiger partial charge in [0.2, 0.25) is 0 Å². The van der Waals surface area contributed by atoms with E-state index in [0.717, 1.165) is 6.42 Å². The van der Waals surface area contributed by atoms with Crippen LogP contribution in [0.4, 0.5) is 4.39 Å². The SMILES string of the molecule is O=C(c1cc2c(F)cccc2[nH]1)N1CCc2ccccc2C1. The number of carbonyl (C=O) groups excluding carboxylic acids is 1. The molecule has 0 radical (unpaired) electrons. The van der Waals surface area contributed by atoms with Gasteiger partial charge in [0.15, 0.2) is 0 Å². The predicted octanol–water partition coefficient (Wildman–Crippen LogP) is 3.51. The number of fused-ring (bicyclic) bond motifs is 2. The number of aromatic nitrogens is 1. The number of hydrogen-bond acceptors (Lipinski definition) is 1. The highest BCUT2D eigenvalue weighted by atomic mass is 19.1. The molecule has 110 valence electrons. The first kappa shape index (κ1) is 13.1. The molecule has 4 rings (SSSR count). The maximum Gasteiger partial charge on any atom is 0.270 e. The van der Waals surface area contributed by atoms with E-state index in [4.69, 9.17) is 0 Å². The molecule has 2 heterocycles. The molecular weight excluding hydrogens is 279 g/mol. The summed E-state index contributed by atoms with van der Waals surface area (Å²) in [5.74, 6) is -0.387. The summed E-state index contributed by atoms with van der Waals surface area (Å²) in [6, 6.07) is 14.6. The van der Waals surface area contributed by atoms with E-state index in [1.165, 1.54) is 17.2 Å². The van der Waals surface area contributed by atoms with Crippen molar-refractivity contribution in [2.24, 2.45) is 0 Å². The molecule has 1 aromatic heterocycles. The van der Waals surface area contributed by atoms with Crippen molar-refractivity contribution in [1.82, 2.24) is 9.88 Å². The summed E-state index contributed by atoms with van der Waals surface area (Å²) < 4.78 is 13.8. The Morgan fingerprint density at radius 1 is 1.09 bits per heavy atom. The van der Waals surface area contributed by atoms with E-state index in [1.54, 1.807) is 18.2 Å². The molecule has 0 spiro atoms. The molecule has 0 fully saturated rings. The van der Waals surface area contributed by atoms with Gasteiger partial charge < -0.3 is 9.88 Å². The van der Waals surface area contributed by atoms with Gasteiger partial charge in [-0.3, -0.25) is 4.79 Å². The van der Waals surface area contributed by atoms with Gasteiger partial charge in [0.25, 0.3) is 5.91 Å². The molecule has 0 aliphatic carbocycles. The minimum absolute atomic E-state index is 0.0786. The van der Waals surface area contributed by atoms with Crippen molar-refractivity contribution in [3.8, 4) is 0 Å². The predicted molar refractivity (Wildman–Crippen MR) is 83.1 cm³/mol. The Hall–Kier alpha value is -2.62. The summed E-state index contributed by atoms with van der Waals surface area (Å²) >= 11 is 0. The minimum Gasteiger partial charge on any atom is -0.350 e. The maximum atomic E-state index is 13.8. The van der Waals surface area contributed by atoms with E-state index in [1.807, 2.05) is 17.0 Å². The van der Waals surface area contributed by atoms with E-state index in [0.29, 0.717) is 29.7 Å². The lowest BCUT2D eigenvalue weighted by atomic mass is 10.00. The van der Waals surface area contributed by atoms with Crippen LogP contribution in [0.3, 0.4) is 0 Å². The van der Waals surface area contributed by atoms with Crippen LogP contribution in [0.5, 0.6) is 0 Å². The third-order valence-electron chi connectivity index (χ3n) is 4.26. The van der Waals surface area contributed by atoms with Crippen molar-refractivity contribution >= 4 is 16.8 Å². The summed E-state index contributed by atoms with van der Waals surface area (Å²) in [4.78, 5) is 17.5. The molecule has 0 atom stereocenters. The van der Waals surface area contributed by atoms with Gasteiger partial charge >= 0.3 is 0 Å². The zero-order chi connectivity index (χ0) is 15.1. The second kappa shape index (κ2) is 4.98. The molecular formula is C18H15FN2O. The van der Waals surface area contributed by atoms with Crippen LogP contribution in [0.25, 0.3) is 10.9 Å². The number of halogens is 1. The Bertz CT molecular complexity index is 868. The summed E-state index contributed by atoms with van der Waals surface area (Å²) in [5.41, 5.74) is 3.58. The molecule has 1 N–H and O–H groups in total. The zero-order valence-electron chi connectivity index (χ0n) is 12.0. The van der Waals surface area contributed by atoms with Crippen LogP contribution in [0.1, 0.15) is 21.6 Å². The highest BCUT2D eigenvalue weighted by Crippen LogP contribution is 2.23. The lowest BCUT2D eigenvalue weighted by molar-refractivity contribution is 0.0730. The number of carbonyl (C=O) groups is 1. The van der Waals surface area contributed by atoms with Gasteiger partial charge in [-0.25, -0.2) is 4.39 Å². The van der Waals surface area contributed by atoms with E-state index >= 15 is 0 Å². The molecule has 0 saturated heterocycles. The number of H-pyrrole nitrogens is 1. The Balaban J connectivity index is 1.65. The molecule has 4 heteroatoms. The standard InChI is InChI=1S/C18H15FN2O/c19-15-6-3-7-16-14(15)10-17(20-16)18(22)21-9-8-12-4-1-2-5-13(12)11-21/h1-7,10,20H,8-9,11H2. The van der Waals surface area contributed by atoms with Gasteiger partial charge in [-0.15, -0.1) is 0 Å². The first-order chi connectivity index (χ1) is 10.7. The van der Waals surface area contributed by atoms with E-state index in [-0.39, 0.29) is 11.7 Å². The second-order valence-electron chi connectivity index (χ2n) is 5.63. The number of benzene rings is 2. The Labute approximate surface area is 127 Å². The number of nitrogens with one attached hydrogen (secondary N) is 1. The third kappa shape index (κ3) is 2.08. The van der Waals surface area contributed by atoms with Gasteiger partial charge in [-0.2, -0.15) is 0 Å². The van der Waals surface area contributed by atoms with Crippen molar-refractivity contribution < 1.29 is 9.18 Å². The Morgan fingerprint density at radius 2 is 1.91 bits per heavy atom. The number of hydrogen-bond donors (Lipinski definition) is 1. The molecule has 1 aliphatic rings. The van der Waals surface area contributed by atoms with E-state index < -0.39 is 0 Å². The smallest absolute Gasteiger partial charge is 0.270 e. The summed E-state index contributed by atoms with van der Waals surface area (Å²) in [5, 5.41) is 0.461. The molecule has 0 bridgehead atoms. The molecule has 0 unspecified atom stereocenters. The summed E-state index contributed by atoms with van der Waals surface area (Å²) in [6.45, 7) is 1.29. The number of rotatable bonds is 1. The fourth-order valence-electron chi connectivity index (χ4n) is 3.07. The van der Waals surface area contributed by atoms with Gasteiger partial charge in [0.05, 0.1) is 0 Å². The zero-order valence-corrected chi connectivity index (χ0v) is 12.0. The third-order valence-corrected chi connectivity index (χ3v) is 4.26. The fourth-order valence-corrected chi connectivity index (χ4v) is 3.07. The summed E-state index contributed by atoms with van der Waals surface area (Å²) in [6.07, 6.45) is 0.858. The molecule has 1 amide bonds. The van der Waals surface area contributed by atoms with Crippen LogP contribution in [-0.2, 0) is 13.0 Å². The lowest BCUT2D eigenvalue weighted by Gasteiger charge is -2.28. The van der Waals surface area contributed by atoms with Crippen molar-refractivity contribution in [2.45, 2.75) is 13.0 Å². The van der Waals surface area contributed by atoms with Crippen LogP contribution in [0.2, 0.25) is 0 Å². The van der Waals surface area contributed by atoms with E-state index in [9.17, 15) is 9.18 Å². The summed E-state index contributed by atoms with van der Waals surface area (Å²) in [7, 11) is 0. The van der Waals surface area contributed by atoms with Crippen LogP contribution in [0.15, 0.2) is 48.5 Å². The van der Waals surface area contributed by atoms with Crippen molar-refractivity contribution in [3.05, 3.63) is 71.2 Å². The maximum absolute atomic E-state index is 13.8. The van der Waals surface area contributed by atoms with Crippen LogP contribution >= 0.6 is 0 Å². The topological polar surface area (TPSA) is 36.1 Å². The lowest BCUT2D eigenvalue weighted by Crippen LogP contribution is -2.36. The van der Waals surface area contributed by atoms with Crippen molar-refractivity contribution in [3.63, 3.8) is 0 Å². The highest BCUT2D eigenvalue weighted by Gasteiger charge is 2.23.